The van der Waals surface area contributed by atoms with Crippen LogP contribution in [0, 0.1) is 5.92 Å². The van der Waals surface area contributed by atoms with Crippen molar-refractivity contribution < 1.29 is 27.8 Å². The maximum absolute atomic E-state index is 12.4. The number of carbonyl (C=O) groups is 1. The van der Waals surface area contributed by atoms with Gasteiger partial charge in [-0.3, -0.25) is 4.79 Å². The summed E-state index contributed by atoms with van der Waals surface area (Å²) in [6.07, 6.45) is 0.195. The van der Waals surface area contributed by atoms with E-state index in [-0.39, 0.29) is 29.8 Å². The first-order valence-electron chi connectivity index (χ1n) is 6.45. The van der Waals surface area contributed by atoms with Crippen LogP contribution >= 0.6 is 0 Å². The minimum Gasteiger partial charge on any atom is -0.480 e. The van der Waals surface area contributed by atoms with Crippen LogP contribution in [0.2, 0.25) is 0 Å². The zero-order chi connectivity index (χ0) is 15.6. The lowest BCUT2D eigenvalue weighted by molar-refractivity contribution is -0.139. The van der Waals surface area contributed by atoms with Crippen molar-refractivity contribution in [3.63, 3.8) is 0 Å². The third kappa shape index (κ3) is 3.45. The lowest BCUT2D eigenvalue weighted by atomic mass is 10.1. The van der Waals surface area contributed by atoms with Crippen molar-refractivity contribution in [2.75, 3.05) is 6.79 Å². The Morgan fingerprint density at radius 1 is 1.38 bits per heavy atom. The lowest BCUT2D eigenvalue weighted by Crippen LogP contribution is -2.41. The van der Waals surface area contributed by atoms with E-state index in [1.54, 1.807) is 6.07 Å². The van der Waals surface area contributed by atoms with Gasteiger partial charge in [-0.1, -0.05) is 19.9 Å². The molecule has 0 unspecified atom stereocenters. The normalized spacial score (nSPS) is 15.2. The van der Waals surface area contributed by atoms with Gasteiger partial charge < -0.3 is 14.6 Å². The van der Waals surface area contributed by atoms with Gasteiger partial charge in [0.25, 0.3) is 0 Å². The number of benzene rings is 1. The fraction of sp³-hybridized carbons (Fsp3) is 0.462. The Morgan fingerprint density at radius 2 is 2.10 bits per heavy atom. The van der Waals surface area contributed by atoms with E-state index < -0.39 is 22.0 Å². The van der Waals surface area contributed by atoms with Gasteiger partial charge in [-0.15, -0.1) is 0 Å². The molecule has 1 aromatic carbocycles. The molecular formula is C13H17NO6S. The minimum atomic E-state index is -4.01. The van der Waals surface area contributed by atoms with Crippen LogP contribution in [-0.2, 0) is 14.8 Å². The fourth-order valence-corrected chi connectivity index (χ4v) is 3.40. The standard InChI is InChI=1S/C13H17NO6S/c1-8(2)6-9(13(15)16)14-21(17,18)11-5-3-4-10-12(11)20-7-19-10/h3-5,8-9,14H,6-7H2,1-2H3,(H,15,16)/t9-/m0/s1. The van der Waals surface area contributed by atoms with E-state index in [9.17, 15) is 13.2 Å². The third-order valence-electron chi connectivity index (χ3n) is 2.95. The maximum atomic E-state index is 12.4. The fourth-order valence-electron chi connectivity index (χ4n) is 2.04. The largest absolute Gasteiger partial charge is 0.480 e. The molecule has 2 rings (SSSR count). The molecule has 0 saturated heterocycles. The zero-order valence-electron chi connectivity index (χ0n) is 11.7. The summed E-state index contributed by atoms with van der Waals surface area (Å²) in [5.41, 5.74) is 0. The first kappa shape index (κ1) is 15.6. The number of carboxylic acids is 1. The topological polar surface area (TPSA) is 102 Å². The molecule has 1 aromatic rings. The summed E-state index contributed by atoms with van der Waals surface area (Å²) in [5.74, 6) is -0.737. The number of hydrogen-bond donors (Lipinski definition) is 2. The Balaban J connectivity index is 2.30. The predicted octanol–water partition coefficient (Wildman–Crippen LogP) is 1.19. The van der Waals surface area contributed by atoms with Crippen LogP contribution < -0.4 is 14.2 Å². The average molecular weight is 315 g/mol. The summed E-state index contributed by atoms with van der Waals surface area (Å²) >= 11 is 0. The molecule has 1 atom stereocenters. The smallest absolute Gasteiger partial charge is 0.321 e. The molecule has 0 amide bonds. The SMILES string of the molecule is CC(C)C[C@H](NS(=O)(=O)c1cccc2c1OCO2)C(=O)O. The van der Waals surface area contributed by atoms with E-state index in [2.05, 4.69) is 4.72 Å². The van der Waals surface area contributed by atoms with Crippen molar-refractivity contribution in [1.82, 2.24) is 4.72 Å². The Bertz CT molecular complexity index is 640. The van der Waals surface area contributed by atoms with Crippen LogP contribution in [0.25, 0.3) is 0 Å². The van der Waals surface area contributed by atoms with Gasteiger partial charge in [-0.05, 0) is 24.5 Å². The highest BCUT2D eigenvalue weighted by molar-refractivity contribution is 7.89. The number of nitrogens with one attached hydrogen (secondary N) is 1. The number of aliphatic carboxylic acids is 1. The van der Waals surface area contributed by atoms with Crippen molar-refractivity contribution in [2.45, 2.75) is 31.2 Å². The molecular weight excluding hydrogens is 298 g/mol. The Labute approximate surface area is 122 Å². The molecule has 0 fully saturated rings. The summed E-state index contributed by atoms with van der Waals surface area (Å²) in [6.45, 7) is 3.58. The third-order valence-corrected chi connectivity index (χ3v) is 4.45. The molecule has 0 spiro atoms. The van der Waals surface area contributed by atoms with Gasteiger partial charge in [0.15, 0.2) is 11.5 Å². The average Bonchev–Trinajstić information content (AvgIpc) is 2.84. The molecule has 0 aliphatic carbocycles. The quantitative estimate of drug-likeness (QED) is 0.817. The van der Waals surface area contributed by atoms with E-state index in [1.807, 2.05) is 13.8 Å². The second kappa shape index (κ2) is 5.90. The monoisotopic (exact) mass is 315 g/mol. The van der Waals surface area contributed by atoms with E-state index in [0.29, 0.717) is 5.75 Å². The number of sulfonamides is 1. The number of ether oxygens (including phenoxy) is 2. The first-order valence-corrected chi connectivity index (χ1v) is 7.93. The van der Waals surface area contributed by atoms with Crippen molar-refractivity contribution in [1.29, 1.82) is 0 Å². The van der Waals surface area contributed by atoms with Gasteiger partial charge >= 0.3 is 5.97 Å². The van der Waals surface area contributed by atoms with Gasteiger partial charge in [0.05, 0.1) is 0 Å². The zero-order valence-corrected chi connectivity index (χ0v) is 12.5. The Hall–Kier alpha value is -1.80. The highest BCUT2D eigenvalue weighted by atomic mass is 32.2. The summed E-state index contributed by atoms with van der Waals surface area (Å²) in [4.78, 5) is 11.1. The van der Waals surface area contributed by atoms with Crippen LogP contribution in [0.3, 0.4) is 0 Å². The molecule has 0 radical (unpaired) electrons. The Morgan fingerprint density at radius 3 is 2.71 bits per heavy atom. The predicted molar refractivity (Wildman–Crippen MR) is 73.8 cm³/mol. The highest BCUT2D eigenvalue weighted by Crippen LogP contribution is 2.37. The molecule has 1 aliphatic heterocycles. The molecule has 1 heterocycles. The van der Waals surface area contributed by atoms with Crippen molar-refractivity contribution in [2.24, 2.45) is 5.92 Å². The summed E-state index contributed by atoms with van der Waals surface area (Å²) in [6, 6.07) is 3.27. The summed E-state index contributed by atoms with van der Waals surface area (Å²) in [7, 11) is -4.01. The van der Waals surface area contributed by atoms with Crippen LogP contribution in [0.1, 0.15) is 20.3 Å². The van der Waals surface area contributed by atoms with Gasteiger partial charge in [0.2, 0.25) is 16.8 Å². The van der Waals surface area contributed by atoms with Crippen molar-refractivity contribution in [3.8, 4) is 11.5 Å². The first-order chi connectivity index (χ1) is 9.81. The minimum absolute atomic E-state index is 0.0369. The number of fused-ring (bicyclic) bond motifs is 1. The second-order valence-electron chi connectivity index (χ2n) is 5.13. The van der Waals surface area contributed by atoms with E-state index in [1.165, 1.54) is 12.1 Å². The van der Waals surface area contributed by atoms with Gasteiger partial charge in [-0.2, -0.15) is 4.72 Å². The van der Waals surface area contributed by atoms with Crippen LogP contribution in [0.5, 0.6) is 11.5 Å². The number of hydrogen-bond acceptors (Lipinski definition) is 5. The van der Waals surface area contributed by atoms with Crippen LogP contribution in [0.4, 0.5) is 0 Å². The molecule has 2 N–H and O–H groups in total. The van der Waals surface area contributed by atoms with Crippen molar-refractivity contribution >= 4 is 16.0 Å². The van der Waals surface area contributed by atoms with Gasteiger partial charge in [0.1, 0.15) is 10.9 Å². The second-order valence-corrected chi connectivity index (χ2v) is 6.81. The van der Waals surface area contributed by atoms with E-state index in [0.717, 1.165) is 0 Å². The van der Waals surface area contributed by atoms with E-state index in [4.69, 9.17) is 14.6 Å². The van der Waals surface area contributed by atoms with Gasteiger partial charge in [0, 0.05) is 0 Å². The lowest BCUT2D eigenvalue weighted by Gasteiger charge is -2.17. The molecule has 1 aliphatic rings. The van der Waals surface area contributed by atoms with Crippen molar-refractivity contribution in [3.05, 3.63) is 18.2 Å². The molecule has 8 heteroatoms. The molecule has 0 bridgehead atoms. The number of para-hydroxylation sites is 1. The van der Waals surface area contributed by atoms with Crippen LogP contribution in [0.15, 0.2) is 23.1 Å². The highest BCUT2D eigenvalue weighted by Gasteiger charge is 2.31. The number of carboxylic acid groups (broad SMARTS) is 1. The summed E-state index contributed by atoms with van der Waals surface area (Å²) < 4.78 is 37.2. The van der Waals surface area contributed by atoms with Crippen LogP contribution in [-0.4, -0.2) is 32.3 Å². The van der Waals surface area contributed by atoms with Gasteiger partial charge in [-0.25, -0.2) is 8.42 Å². The molecule has 21 heavy (non-hydrogen) atoms. The molecule has 7 nitrogen and oxygen atoms in total. The maximum Gasteiger partial charge on any atom is 0.321 e. The molecule has 116 valence electrons. The summed E-state index contributed by atoms with van der Waals surface area (Å²) in [5, 5.41) is 9.14. The number of rotatable bonds is 6. The molecule has 0 aromatic heterocycles. The molecule has 0 saturated carbocycles. The van der Waals surface area contributed by atoms with E-state index >= 15 is 0 Å². The Kier molecular flexibility index (Phi) is 4.38.